The monoisotopic (exact) mass is 384 g/mol. The molecule has 0 aromatic carbocycles. The number of ketones is 1. The molecule has 0 aromatic heterocycles. The first-order valence-electron chi connectivity index (χ1n) is 9.73. The number of hydrogen-bond acceptors (Lipinski definition) is 4. The first-order valence-corrected chi connectivity index (χ1v) is 9.73. The van der Waals surface area contributed by atoms with Gasteiger partial charge in [-0.25, -0.2) is 4.79 Å². The maximum atomic E-state index is 11.2. The zero-order valence-electron chi connectivity index (χ0n) is 17.0. The smallest absolute Gasteiger partial charge is 0.381 e. The zero-order valence-corrected chi connectivity index (χ0v) is 17.0. The highest BCUT2D eigenvalue weighted by Crippen LogP contribution is 1.97. The summed E-state index contributed by atoms with van der Waals surface area (Å²) in [7, 11) is 0. The predicted octanol–water partition coefficient (Wildman–Crippen LogP) is 5.73. The molecule has 0 amide bonds. The van der Waals surface area contributed by atoms with Crippen LogP contribution in [0.5, 0.6) is 0 Å². The average molecular weight is 385 g/mol. The summed E-state index contributed by atoms with van der Waals surface area (Å²) >= 11 is 0. The molecule has 0 N–H and O–H groups in total. The van der Waals surface area contributed by atoms with Crippen LogP contribution in [-0.4, -0.2) is 17.7 Å². The van der Waals surface area contributed by atoms with E-state index >= 15 is 0 Å². The number of hydrogen-bond donors (Lipinski definition) is 0. The second-order valence-corrected chi connectivity index (χ2v) is 5.94. The van der Waals surface area contributed by atoms with Gasteiger partial charge in [0.15, 0.2) is 0 Å². The largest absolute Gasteiger partial charge is 0.387 e. The lowest BCUT2D eigenvalue weighted by atomic mass is 10.2. The van der Waals surface area contributed by atoms with Crippen LogP contribution in [0.15, 0.2) is 72.9 Å². The van der Waals surface area contributed by atoms with Crippen LogP contribution in [0.4, 0.5) is 0 Å². The highest BCUT2D eigenvalue weighted by Gasteiger charge is 2.13. The van der Waals surface area contributed by atoms with Gasteiger partial charge in [0.2, 0.25) is 5.78 Å². The topological polar surface area (TPSA) is 60.4 Å². The third-order valence-electron chi connectivity index (χ3n) is 3.38. The standard InChI is InChI=1S/C24H32O4/c1-3-4-5-6-7-8-9-10-11-12-13-14-15-16-17-18-19-20-21-23(26)28-24(27)22(2)25/h4-5,7-8,10-11,13-14,16-17,19-20H,3,6,9,12,15,18,21H2,1-2H3/b5-4+,8-7+,11-10+,14-13+,17-16+,20-19+. The summed E-state index contributed by atoms with van der Waals surface area (Å²) in [6.45, 7) is 3.20. The molecule has 0 radical (unpaired) electrons. The van der Waals surface area contributed by atoms with Crippen molar-refractivity contribution >= 4 is 17.7 Å². The van der Waals surface area contributed by atoms with Gasteiger partial charge in [-0.05, 0) is 38.5 Å². The minimum absolute atomic E-state index is 0.0241. The highest BCUT2D eigenvalue weighted by molar-refractivity contribution is 6.34. The molecule has 152 valence electrons. The average Bonchev–Trinajstić information content (AvgIpc) is 2.66. The Bertz CT molecular complexity index is 631. The minimum atomic E-state index is -1.11. The van der Waals surface area contributed by atoms with Crippen LogP contribution < -0.4 is 0 Å². The number of esters is 2. The maximum absolute atomic E-state index is 11.2. The van der Waals surface area contributed by atoms with Crippen LogP contribution in [0, 0.1) is 0 Å². The lowest BCUT2D eigenvalue weighted by molar-refractivity contribution is -0.163. The van der Waals surface area contributed by atoms with Crippen molar-refractivity contribution in [3.63, 3.8) is 0 Å². The maximum Gasteiger partial charge on any atom is 0.381 e. The summed E-state index contributed by atoms with van der Waals surface area (Å²) < 4.78 is 4.33. The van der Waals surface area contributed by atoms with Gasteiger partial charge < -0.3 is 4.74 Å². The van der Waals surface area contributed by atoms with Crippen LogP contribution in [0.2, 0.25) is 0 Å². The first-order chi connectivity index (χ1) is 13.6. The van der Waals surface area contributed by atoms with Crippen LogP contribution >= 0.6 is 0 Å². The van der Waals surface area contributed by atoms with E-state index in [0.717, 1.165) is 39.0 Å². The molecular formula is C24H32O4. The van der Waals surface area contributed by atoms with E-state index in [4.69, 9.17) is 0 Å². The quantitative estimate of drug-likeness (QED) is 0.166. The van der Waals surface area contributed by atoms with Gasteiger partial charge in [-0.1, -0.05) is 79.8 Å². The van der Waals surface area contributed by atoms with E-state index in [-0.39, 0.29) is 6.42 Å². The van der Waals surface area contributed by atoms with Crippen molar-refractivity contribution in [2.45, 2.75) is 58.8 Å². The number of carbonyl (C=O) groups excluding carboxylic acids is 3. The lowest BCUT2D eigenvalue weighted by Crippen LogP contribution is -2.18. The molecule has 0 saturated carbocycles. The summed E-state index contributed by atoms with van der Waals surface area (Å²) in [5.74, 6) is -2.62. The number of carbonyl (C=O) groups is 3. The molecule has 0 heterocycles. The van der Waals surface area contributed by atoms with Crippen molar-refractivity contribution < 1.29 is 19.1 Å². The lowest BCUT2D eigenvalue weighted by Gasteiger charge is -1.96. The van der Waals surface area contributed by atoms with Crippen molar-refractivity contribution in [2.24, 2.45) is 0 Å². The molecule has 0 spiro atoms. The van der Waals surface area contributed by atoms with E-state index in [2.05, 4.69) is 66.3 Å². The molecule has 28 heavy (non-hydrogen) atoms. The summed E-state index contributed by atoms with van der Waals surface area (Å²) in [6, 6.07) is 0. The van der Waals surface area contributed by atoms with Gasteiger partial charge in [-0.2, -0.15) is 0 Å². The van der Waals surface area contributed by atoms with Crippen molar-refractivity contribution in [1.82, 2.24) is 0 Å². The Morgan fingerprint density at radius 2 is 0.964 bits per heavy atom. The fraction of sp³-hybridized carbons (Fsp3) is 0.375. The van der Waals surface area contributed by atoms with Gasteiger partial charge in [0, 0.05) is 6.92 Å². The molecule has 4 heteroatoms. The van der Waals surface area contributed by atoms with Gasteiger partial charge in [-0.3, -0.25) is 9.59 Å². The Morgan fingerprint density at radius 1 is 0.607 bits per heavy atom. The minimum Gasteiger partial charge on any atom is -0.387 e. The number of Topliss-reactive ketones (excluding diaryl/α,β-unsaturated/α-hetero) is 1. The molecule has 0 bridgehead atoms. The number of allylic oxidation sites excluding steroid dienone is 11. The van der Waals surface area contributed by atoms with E-state index < -0.39 is 17.7 Å². The fourth-order valence-corrected chi connectivity index (χ4v) is 1.92. The Labute approximate surface area is 169 Å². The molecule has 0 aliphatic rings. The van der Waals surface area contributed by atoms with E-state index in [0.29, 0.717) is 6.42 Å². The Kier molecular flexibility index (Phi) is 17.2. The molecule has 0 unspecified atom stereocenters. The second-order valence-electron chi connectivity index (χ2n) is 5.94. The molecule has 0 rings (SSSR count). The van der Waals surface area contributed by atoms with Crippen LogP contribution in [0.3, 0.4) is 0 Å². The number of ether oxygens (including phenoxy) is 1. The van der Waals surface area contributed by atoms with Crippen molar-refractivity contribution in [3.8, 4) is 0 Å². The summed E-state index contributed by atoms with van der Waals surface area (Å²) in [5, 5.41) is 0. The Hall–Kier alpha value is -2.75. The van der Waals surface area contributed by atoms with E-state index in [1.54, 1.807) is 6.08 Å². The first kappa shape index (κ1) is 25.2. The highest BCUT2D eigenvalue weighted by atomic mass is 16.6. The third kappa shape index (κ3) is 18.1. The predicted molar refractivity (Wildman–Crippen MR) is 115 cm³/mol. The van der Waals surface area contributed by atoms with Gasteiger partial charge in [0.1, 0.15) is 0 Å². The molecule has 4 nitrogen and oxygen atoms in total. The van der Waals surface area contributed by atoms with Crippen molar-refractivity contribution in [3.05, 3.63) is 72.9 Å². The molecule has 0 aliphatic carbocycles. The summed E-state index contributed by atoms with van der Waals surface area (Å²) in [5.41, 5.74) is 0. The van der Waals surface area contributed by atoms with Crippen LogP contribution in [0.25, 0.3) is 0 Å². The number of rotatable bonds is 14. The zero-order chi connectivity index (χ0) is 20.9. The SMILES string of the molecule is CC/C=C/C/C=C/C/C=C/C/C=C/C/C=C/C/C=C/CC(=O)OC(=O)C(C)=O. The third-order valence-corrected chi connectivity index (χ3v) is 3.38. The fourth-order valence-electron chi connectivity index (χ4n) is 1.92. The molecule has 0 aromatic rings. The van der Waals surface area contributed by atoms with Crippen molar-refractivity contribution in [2.75, 3.05) is 0 Å². The van der Waals surface area contributed by atoms with Gasteiger partial charge in [0.05, 0.1) is 6.42 Å². The van der Waals surface area contributed by atoms with E-state index in [1.165, 1.54) is 0 Å². The van der Waals surface area contributed by atoms with E-state index in [1.807, 2.05) is 12.2 Å². The normalized spacial score (nSPS) is 12.5. The Morgan fingerprint density at radius 3 is 1.32 bits per heavy atom. The summed E-state index contributed by atoms with van der Waals surface area (Å²) in [4.78, 5) is 32.8. The van der Waals surface area contributed by atoms with Crippen molar-refractivity contribution in [1.29, 1.82) is 0 Å². The van der Waals surface area contributed by atoms with Crippen LogP contribution in [-0.2, 0) is 19.1 Å². The molecular weight excluding hydrogens is 352 g/mol. The van der Waals surface area contributed by atoms with Gasteiger partial charge in [0.25, 0.3) is 0 Å². The molecule has 0 fully saturated rings. The van der Waals surface area contributed by atoms with Gasteiger partial charge >= 0.3 is 11.9 Å². The molecule has 0 atom stereocenters. The molecule has 0 aliphatic heterocycles. The summed E-state index contributed by atoms with van der Waals surface area (Å²) in [6.07, 6.45) is 30.3. The van der Waals surface area contributed by atoms with Gasteiger partial charge in [-0.15, -0.1) is 0 Å². The van der Waals surface area contributed by atoms with E-state index in [9.17, 15) is 14.4 Å². The van der Waals surface area contributed by atoms with Crippen LogP contribution in [0.1, 0.15) is 58.8 Å². The second kappa shape index (κ2) is 19.0. The Balaban J connectivity index is 3.69. The molecule has 0 saturated heterocycles.